The Kier molecular flexibility index (Phi) is 6.35. The Morgan fingerprint density at radius 1 is 1.06 bits per heavy atom. The van der Waals surface area contributed by atoms with Crippen LogP contribution in [0, 0.1) is 20.8 Å². The van der Waals surface area contributed by atoms with Gasteiger partial charge in [-0.1, -0.05) is 35.0 Å². The molecule has 0 radical (unpaired) electrons. The highest BCUT2D eigenvalue weighted by Crippen LogP contribution is 2.32. The molecule has 36 heavy (non-hydrogen) atoms. The van der Waals surface area contributed by atoms with Gasteiger partial charge in [0.2, 0.25) is 5.82 Å². The van der Waals surface area contributed by atoms with E-state index >= 15 is 0 Å². The number of nitrogens with zero attached hydrogens (tertiary/aromatic N) is 4. The van der Waals surface area contributed by atoms with Crippen LogP contribution in [0.1, 0.15) is 33.2 Å². The number of pyridine rings is 1. The second-order valence-corrected chi connectivity index (χ2v) is 8.89. The van der Waals surface area contributed by atoms with Gasteiger partial charge in [0.1, 0.15) is 11.6 Å². The van der Waals surface area contributed by atoms with E-state index in [4.69, 9.17) is 16.1 Å². The lowest BCUT2D eigenvalue weighted by molar-refractivity contribution is 0.101. The van der Waals surface area contributed by atoms with Gasteiger partial charge in [0.05, 0.1) is 23.1 Å². The van der Waals surface area contributed by atoms with Crippen molar-refractivity contribution in [1.82, 2.24) is 20.1 Å². The lowest BCUT2D eigenvalue weighted by Gasteiger charge is -2.13. The molecule has 9 heteroatoms. The van der Waals surface area contributed by atoms with Gasteiger partial charge in [-0.15, -0.1) is 0 Å². The summed E-state index contributed by atoms with van der Waals surface area (Å²) >= 11 is 6.16. The summed E-state index contributed by atoms with van der Waals surface area (Å²) in [4.78, 5) is 26.3. The number of halogens is 1. The van der Waals surface area contributed by atoms with Gasteiger partial charge in [-0.2, -0.15) is 0 Å². The first-order valence-electron chi connectivity index (χ1n) is 11.3. The van der Waals surface area contributed by atoms with Crippen LogP contribution < -0.4 is 10.6 Å². The van der Waals surface area contributed by atoms with E-state index in [-0.39, 0.29) is 5.82 Å². The van der Waals surface area contributed by atoms with Gasteiger partial charge in [-0.25, -0.2) is 9.97 Å². The topological polar surface area (TPSA) is 106 Å². The lowest BCUT2D eigenvalue weighted by atomic mass is 10.0. The van der Waals surface area contributed by atoms with Gasteiger partial charge in [-0.05, 0) is 67.8 Å². The van der Waals surface area contributed by atoms with Gasteiger partial charge in [0, 0.05) is 28.7 Å². The van der Waals surface area contributed by atoms with Gasteiger partial charge < -0.3 is 15.2 Å². The number of carbonyl (C=O) groups excluding carboxylic acids is 1. The average Bonchev–Trinajstić information content (AvgIpc) is 3.21. The molecule has 3 heterocycles. The smallest absolute Gasteiger partial charge is 0.293 e. The quantitative estimate of drug-likeness (QED) is 0.290. The first-order chi connectivity index (χ1) is 17.4. The second-order valence-electron chi connectivity index (χ2n) is 8.46. The number of nitrogens with one attached hydrogen (secondary N) is 2. The molecule has 0 aliphatic carbocycles. The standard InChI is InChI=1S/C27H23ClN6O2/c1-15-9-10-29-14-23(15)32-27(35)26-31-22-8-7-19(24-16(2)34-36-17(24)3)12-21(22)25(33-26)30-13-18-5-4-6-20(28)11-18/h4-12,14H,13H2,1-3H3,(H,32,35)(H,30,31,33). The van der Waals surface area contributed by atoms with E-state index in [0.717, 1.165) is 39.1 Å². The van der Waals surface area contributed by atoms with E-state index in [2.05, 4.69) is 30.7 Å². The molecule has 0 saturated heterocycles. The number of benzene rings is 2. The molecular weight excluding hydrogens is 476 g/mol. The molecule has 0 atom stereocenters. The zero-order valence-electron chi connectivity index (χ0n) is 20.0. The summed E-state index contributed by atoms with van der Waals surface area (Å²) in [5.41, 5.74) is 5.75. The SMILES string of the molecule is Cc1ccncc1NC(=O)c1nc(NCc2cccc(Cl)c2)c2cc(-c3c(C)noc3C)ccc2n1. The number of hydrogen-bond donors (Lipinski definition) is 2. The molecule has 2 aromatic carbocycles. The first-order valence-corrected chi connectivity index (χ1v) is 11.7. The number of fused-ring (bicyclic) bond motifs is 1. The van der Waals surface area contributed by atoms with Crippen LogP contribution in [0.5, 0.6) is 0 Å². The maximum atomic E-state index is 13.1. The number of hydrogen-bond acceptors (Lipinski definition) is 7. The van der Waals surface area contributed by atoms with Crippen LogP contribution in [0.3, 0.4) is 0 Å². The summed E-state index contributed by atoms with van der Waals surface area (Å²) in [5.74, 6) is 0.878. The van der Waals surface area contributed by atoms with E-state index in [1.807, 2.05) is 69.3 Å². The fraction of sp³-hybridized carbons (Fsp3) is 0.148. The Bertz CT molecular complexity index is 1580. The Balaban J connectivity index is 1.57. The van der Waals surface area contributed by atoms with Crippen LogP contribution in [0.25, 0.3) is 22.0 Å². The molecule has 0 bridgehead atoms. The minimum atomic E-state index is -0.423. The first kappa shape index (κ1) is 23.4. The molecule has 8 nitrogen and oxygen atoms in total. The van der Waals surface area contributed by atoms with Gasteiger partial charge in [0.15, 0.2) is 0 Å². The molecule has 0 spiro atoms. The molecule has 2 N–H and O–H groups in total. The number of aromatic nitrogens is 4. The van der Waals surface area contributed by atoms with Crippen LogP contribution in [0.4, 0.5) is 11.5 Å². The molecule has 0 aliphatic heterocycles. The van der Waals surface area contributed by atoms with Crippen LogP contribution in [0.15, 0.2) is 65.4 Å². The Morgan fingerprint density at radius 2 is 1.92 bits per heavy atom. The Labute approximate surface area is 212 Å². The Morgan fingerprint density at radius 3 is 2.67 bits per heavy atom. The van der Waals surface area contributed by atoms with Crippen LogP contribution in [-0.4, -0.2) is 26.0 Å². The number of amides is 1. The Hall–Kier alpha value is -4.30. The monoisotopic (exact) mass is 498 g/mol. The third-order valence-electron chi connectivity index (χ3n) is 5.86. The third-order valence-corrected chi connectivity index (χ3v) is 6.09. The van der Waals surface area contributed by atoms with Gasteiger partial charge in [0.25, 0.3) is 5.91 Å². The molecule has 180 valence electrons. The van der Waals surface area contributed by atoms with E-state index in [0.29, 0.717) is 28.6 Å². The van der Waals surface area contributed by atoms with Crippen molar-refractivity contribution < 1.29 is 9.32 Å². The van der Waals surface area contributed by atoms with Crippen LogP contribution in [0.2, 0.25) is 5.02 Å². The largest absolute Gasteiger partial charge is 0.365 e. The van der Waals surface area contributed by atoms with Crippen molar-refractivity contribution >= 4 is 39.9 Å². The highest BCUT2D eigenvalue weighted by molar-refractivity contribution is 6.30. The van der Waals surface area contributed by atoms with Gasteiger partial charge in [-0.3, -0.25) is 9.78 Å². The molecule has 0 unspecified atom stereocenters. The summed E-state index contributed by atoms with van der Waals surface area (Å²) in [6, 6.07) is 15.2. The molecule has 5 aromatic rings. The number of anilines is 2. The van der Waals surface area contributed by atoms with Crippen molar-refractivity contribution in [3.63, 3.8) is 0 Å². The second kappa shape index (κ2) is 9.75. The predicted molar refractivity (Wildman–Crippen MR) is 140 cm³/mol. The van der Waals surface area contributed by atoms with Crippen molar-refractivity contribution in [2.45, 2.75) is 27.3 Å². The molecule has 3 aromatic heterocycles. The van der Waals surface area contributed by atoms with Crippen molar-refractivity contribution in [3.8, 4) is 11.1 Å². The zero-order valence-corrected chi connectivity index (χ0v) is 20.7. The maximum absolute atomic E-state index is 13.1. The normalized spacial score (nSPS) is 11.0. The third kappa shape index (κ3) is 4.76. The van der Waals surface area contributed by atoms with Crippen LogP contribution in [-0.2, 0) is 6.54 Å². The molecular formula is C27H23ClN6O2. The van der Waals surface area contributed by atoms with E-state index in [1.54, 1.807) is 12.4 Å². The van der Waals surface area contributed by atoms with E-state index in [9.17, 15) is 4.79 Å². The van der Waals surface area contributed by atoms with Crippen molar-refractivity contribution in [2.75, 3.05) is 10.6 Å². The minimum absolute atomic E-state index is 0.0458. The van der Waals surface area contributed by atoms with Crippen molar-refractivity contribution in [3.05, 3.63) is 94.4 Å². The van der Waals surface area contributed by atoms with E-state index in [1.165, 1.54) is 0 Å². The van der Waals surface area contributed by atoms with E-state index < -0.39 is 5.91 Å². The van der Waals surface area contributed by atoms with Crippen LogP contribution >= 0.6 is 11.6 Å². The number of rotatable bonds is 6. The fourth-order valence-electron chi connectivity index (χ4n) is 4.02. The molecule has 0 saturated carbocycles. The fourth-order valence-corrected chi connectivity index (χ4v) is 4.23. The highest BCUT2D eigenvalue weighted by Gasteiger charge is 2.18. The highest BCUT2D eigenvalue weighted by atomic mass is 35.5. The lowest BCUT2D eigenvalue weighted by Crippen LogP contribution is -2.18. The molecule has 5 rings (SSSR count). The van der Waals surface area contributed by atoms with Gasteiger partial charge >= 0.3 is 0 Å². The molecule has 0 fully saturated rings. The number of aryl methyl sites for hydroxylation is 3. The summed E-state index contributed by atoms with van der Waals surface area (Å²) in [5, 5.41) is 11.7. The minimum Gasteiger partial charge on any atom is -0.365 e. The predicted octanol–water partition coefficient (Wildman–Crippen LogP) is 6.12. The summed E-state index contributed by atoms with van der Waals surface area (Å²) in [6.07, 6.45) is 3.27. The molecule has 1 amide bonds. The molecule has 0 aliphatic rings. The average molecular weight is 499 g/mol. The maximum Gasteiger partial charge on any atom is 0.293 e. The summed E-state index contributed by atoms with van der Waals surface area (Å²) < 4.78 is 5.36. The summed E-state index contributed by atoms with van der Waals surface area (Å²) in [6.45, 7) is 6.14. The zero-order chi connectivity index (χ0) is 25.2. The van der Waals surface area contributed by atoms with Crippen molar-refractivity contribution in [2.24, 2.45) is 0 Å². The van der Waals surface area contributed by atoms with Crippen molar-refractivity contribution in [1.29, 1.82) is 0 Å². The number of carbonyl (C=O) groups is 1. The summed E-state index contributed by atoms with van der Waals surface area (Å²) in [7, 11) is 0.